The fraction of sp³-hybridized carbons (Fsp3) is 0.250. The average molecular weight is 361 g/mol. The number of ether oxygens (including phenoxy) is 1. The van der Waals surface area contributed by atoms with Gasteiger partial charge in [0.05, 0.1) is 17.8 Å². The van der Waals surface area contributed by atoms with Gasteiger partial charge in [-0.25, -0.2) is 0 Å². The lowest BCUT2D eigenvalue weighted by Crippen LogP contribution is -2.29. The van der Waals surface area contributed by atoms with Crippen LogP contribution >= 0.6 is 0 Å². The number of amides is 1. The fourth-order valence-corrected chi connectivity index (χ4v) is 2.69. The Labute approximate surface area is 145 Å². The molecule has 1 amide bonds. The molecule has 0 fully saturated rings. The van der Waals surface area contributed by atoms with E-state index in [0.29, 0.717) is 16.9 Å². The van der Waals surface area contributed by atoms with Gasteiger partial charge in [0.1, 0.15) is 12.4 Å². The van der Waals surface area contributed by atoms with Gasteiger partial charge in [-0.2, -0.15) is 18.9 Å². The van der Waals surface area contributed by atoms with E-state index in [-0.39, 0.29) is 24.4 Å². The number of halogens is 2. The summed E-state index contributed by atoms with van der Waals surface area (Å²) in [5.74, 6) is -0.414. The number of rotatable bonds is 4. The molecule has 0 radical (unpaired) electrons. The molecule has 134 valence electrons. The molecule has 0 aliphatic carbocycles. The molecule has 26 heavy (non-hydrogen) atoms. The van der Waals surface area contributed by atoms with Crippen LogP contribution in [0.5, 0.6) is 5.75 Å². The van der Waals surface area contributed by atoms with Crippen LogP contribution in [-0.4, -0.2) is 32.4 Å². The summed E-state index contributed by atoms with van der Waals surface area (Å²) >= 11 is 0. The molecule has 3 heterocycles. The first-order valence-corrected chi connectivity index (χ1v) is 7.69. The fourth-order valence-electron chi connectivity index (χ4n) is 2.69. The molecule has 4 rings (SSSR count). The van der Waals surface area contributed by atoms with Crippen molar-refractivity contribution >= 4 is 5.91 Å². The van der Waals surface area contributed by atoms with E-state index in [9.17, 15) is 13.6 Å². The van der Waals surface area contributed by atoms with E-state index in [4.69, 9.17) is 4.74 Å². The third-order valence-electron chi connectivity index (χ3n) is 3.95. The number of hydrogen-bond acceptors (Lipinski definition) is 6. The van der Waals surface area contributed by atoms with E-state index in [1.54, 1.807) is 36.1 Å². The second-order valence-electron chi connectivity index (χ2n) is 5.75. The zero-order chi connectivity index (χ0) is 18.3. The van der Waals surface area contributed by atoms with Gasteiger partial charge in [-0.15, -0.1) is 0 Å². The van der Waals surface area contributed by atoms with E-state index < -0.39 is 12.3 Å². The highest BCUT2D eigenvalue weighted by Crippen LogP contribution is 2.35. The summed E-state index contributed by atoms with van der Waals surface area (Å²) in [5.41, 5.74) is 1.71. The molecule has 1 N–H and O–H groups in total. The highest BCUT2D eigenvalue weighted by atomic mass is 19.3. The molecule has 0 saturated heterocycles. The lowest BCUT2D eigenvalue weighted by molar-refractivity contribution is 0.0930. The zero-order valence-corrected chi connectivity index (χ0v) is 13.5. The third-order valence-corrected chi connectivity index (χ3v) is 3.95. The molecule has 0 saturated carbocycles. The van der Waals surface area contributed by atoms with E-state index >= 15 is 0 Å². The van der Waals surface area contributed by atoms with Gasteiger partial charge in [0, 0.05) is 24.4 Å². The summed E-state index contributed by atoms with van der Waals surface area (Å²) in [6.07, 6.45) is 0.270. The van der Waals surface area contributed by atoms with Crippen molar-refractivity contribution in [2.75, 3.05) is 6.61 Å². The Balaban J connectivity index is 1.53. The number of carbonyl (C=O) groups excluding carboxylic acids is 1. The van der Waals surface area contributed by atoms with Crippen molar-refractivity contribution in [3.63, 3.8) is 0 Å². The van der Waals surface area contributed by atoms with E-state index in [0.717, 1.165) is 5.56 Å². The first-order valence-electron chi connectivity index (χ1n) is 7.69. The van der Waals surface area contributed by atoms with Crippen molar-refractivity contribution in [1.29, 1.82) is 0 Å². The van der Waals surface area contributed by atoms with Crippen molar-refractivity contribution in [2.45, 2.75) is 12.5 Å². The summed E-state index contributed by atoms with van der Waals surface area (Å²) in [6.45, 7) is 0.263. The van der Waals surface area contributed by atoms with Crippen LogP contribution in [0.3, 0.4) is 0 Å². The maximum atomic E-state index is 12.6. The molecule has 1 aliphatic rings. The Hall–Kier alpha value is -3.30. The summed E-state index contributed by atoms with van der Waals surface area (Å²) in [6, 6.07) is 4.71. The largest absolute Gasteiger partial charge is 0.491 e. The summed E-state index contributed by atoms with van der Waals surface area (Å²) in [7, 11) is 1.73. The van der Waals surface area contributed by atoms with E-state index in [2.05, 4.69) is 25.1 Å². The lowest BCUT2D eigenvalue weighted by Gasteiger charge is -2.10. The SMILES string of the molecule is Cn1cc(C(=O)N[C@@H]2COc3cc(-c4noc(C(F)F)n4)ccc32)cn1. The van der Waals surface area contributed by atoms with Crippen LogP contribution in [0.25, 0.3) is 11.4 Å². The Kier molecular flexibility index (Phi) is 3.86. The van der Waals surface area contributed by atoms with Gasteiger partial charge in [0.2, 0.25) is 5.82 Å². The molecular weight excluding hydrogens is 348 g/mol. The number of alkyl halides is 2. The Morgan fingerprint density at radius 3 is 2.96 bits per heavy atom. The molecule has 3 aromatic rings. The van der Waals surface area contributed by atoms with Crippen molar-refractivity contribution < 1.29 is 22.8 Å². The monoisotopic (exact) mass is 361 g/mol. The van der Waals surface area contributed by atoms with Gasteiger partial charge in [-0.1, -0.05) is 17.3 Å². The molecular formula is C16H13F2N5O3. The first-order chi connectivity index (χ1) is 12.5. The Morgan fingerprint density at radius 1 is 1.42 bits per heavy atom. The number of hydrogen-bond donors (Lipinski definition) is 1. The van der Waals surface area contributed by atoms with Crippen LogP contribution in [-0.2, 0) is 7.05 Å². The minimum Gasteiger partial charge on any atom is -0.491 e. The average Bonchev–Trinajstić information content (AvgIpc) is 3.34. The third kappa shape index (κ3) is 2.89. The number of benzene rings is 1. The Bertz CT molecular complexity index is 968. The van der Waals surface area contributed by atoms with Crippen LogP contribution in [0.15, 0.2) is 35.1 Å². The van der Waals surface area contributed by atoms with Crippen LogP contribution in [0.4, 0.5) is 8.78 Å². The molecule has 1 aromatic carbocycles. The lowest BCUT2D eigenvalue weighted by atomic mass is 10.1. The smallest absolute Gasteiger partial charge is 0.315 e. The standard InChI is InChI=1S/C16H13F2N5O3/c1-23-6-9(5-19-23)15(24)20-11-7-25-12-4-8(2-3-10(11)12)14-21-16(13(17)18)26-22-14/h2-6,11,13H,7H2,1H3,(H,20,24)/t11-/m1/s1. The molecule has 1 atom stereocenters. The number of carbonyl (C=O) groups is 1. The highest BCUT2D eigenvalue weighted by molar-refractivity contribution is 5.94. The minimum absolute atomic E-state index is 0.0505. The highest BCUT2D eigenvalue weighted by Gasteiger charge is 2.27. The minimum atomic E-state index is -2.83. The van der Waals surface area contributed by atoms with Gasteiger partial charge < -0.3 is 14.6 Å². The Morgan fingerprint density at radius 2 is 2.27 bits per heavy atom. The van der Waals surface area contributed by atoms with E-state index in [1.165, 1.54) is 6.20 Å². The number of aryl methyl sites for hydroxylation is 1. The van der Waals surface area contributed by atoms with Gasteiger partial charge in [0.15, 0.2) is 0 Å². The molecule has 0 spiro atoms. The maximum absolute atomic E-state index is 12.6. The summed E-state index contributed by atoms with van der Waals surface area (Å²) in [5, 5.41) is 10.4. The van der Waals surface area contributed by atoms with Crippen LogP contribution in [0.1, 0.15) is 34.3 Å². The predicted molar refractivity (Wildman–Crippen MR) is 83.6 cm³/mol. The summed E-state index contributed by atoms with van der Waals surface area (Å²) < 4.78 is 36.8. The molecule has 0 bridgehead atoms. The molecule has 8 nitrogen and oxygen atoms in total. The van der Waals surface area contributed by atoms with Crippen molar-refractivity contribution in [1.82, 2.24) is 25.2 Å². The zero-order valence-electron chi connectivity index (χ0n) is 13.5. The van der Waals surface area contributed by atoms with Gasteiger partial charge in [-0.05, 0) is 6.07 Å². The maximum Gasteiger partial charge on any atom is 0.315 e. The van der Waals surface area contributed by atoms with Crippen LogP contribution < -0.4 is 10.1 Å². The van der Waals surface area contributed by atoms with Gasteiger partial charge in [-0.3, -0.25) is 9.48 Å². The van der Waals surface area contributed by atoms with Gasteiger partial charge in [0.25, 0.3) is 11.8 Å². The second-order valence-corrected chi connectivity index (χ2v) is 5.75. The number of nitrogens with zero attached hydrogens (tertiary/aromatic N) is 4. The van der Waals surface area contributed by atoms with Crippen LogP contribution in [0.2, 0.25) is 0 Å². The quantitative estimate of drug-likeness (QED) is 0.766. The molecule has 1 aliphatic heterocycles. The number of aromatic nitrogens is 4. The van der Waals surface area contributed by atoms with Gasteiger partial charge >= 0.3 is 6.43 Å². The van der Waals surface area contributed by atoms with Crippen molar-refractivity contribution in [3.8, 4) is 17.1 Å². The molecule has 2 aromatic heterocycles. The second kappa shape index (κ2) is 6.21. The van der Waals surface area contributed by atoms with Crippen molar-refractivity contribution in [2.24, 2.45) is 7.05 Å². The number of fused-ring (bicyclic) bond motifs is 1. The predicted octanol–water partition coefficient (Wildman–Crippen LogP) is 2.27. The van der Waals surface area contributed by atoms with Crippen LogP contribution in [0, 0.1) is 0 Å². The normalized spacial score (nSPS) is 15.8. The number of nitrogens with one attached hydrogen (secondary N) is 1. The molecule has 10 heteroatoms. The van der Waals surface area contributed by atoms with E-state index in [1.807, 2.05) is 0 Å². The topological polar surface area (TPSA) is 95.1 Å². The molecule has 0 unspecified atom stereocenters. The first kappa shape index (κ1) is 16.2. The van der Waals surface area contributed by atoms with Crippen molar-refractivity contribution in [3.05, 3.63) is 47.6 Å². The summed E-state index contributed by atoms with van der Waals surface area (Å²) in [4.78, 5) is 15.9.